The molecule has 0 bridgehead atoms. The average molecular weight is 385 g/mol. The second kappa shape index (κ2) is 7.48. The fourth-order valence-electron chi connectivity index (χ4n) is 2.66. The minimum atomic E-state index is -4.78. The van der Waals surface area contributed by atoms with E-state index in [1.54, 1.807) is 37.4 Å². The first kappa shape index (κ1) is 19.0. The van der Waals surface area contributed by atoms with Gasteiger partial charge in [-0.15, -0.1) is 13.2 Å². The Bertz CT molecular complexity index is 1020. The zero-order valence-corrected chi connectivity index (χ0v) is 14.6. The highest BCUT2D eigenvalue weighted by Crippen LogP contribution is 2.33. The van der Waals surface area contributed by atoms with Crippen molar-refractivity contribution in [1.29, 1.82) is 5.26 Å². The molecule has 2 aromatic carbocycles. The lowest BCUT2D eigenvalue weighted by Gasteiger charge is -2.12. The van der Waals surface area contributed by atoms with Crippen LogP contribution in [0.4, 0.5) is 19.0 Å². The largest absolute Gasteiger partial charge is 0.573 e. The minimum Gasteiger partial charge on any atom is -0.497 e. The number of pyridine rings is 1. The fraction of sp³-hybridized carbons (Fsp3) is 0.100. The van der Waals surface area contributed by atoms with Gasteiger partial charge in [0.15, 0.2) is 0 Å². The second-order valence-corrected chi connectivity index (χ2v) is 5.73. The van der Waals surface area contributed by atoms with Crippen molar-refractivity contribution in [1.82, 2.24) is 4.98 Å². The Morgan fingerprint density at radius 1 is 0.964 bits per heavy atom. The number of benzene rings is 2. The molecular weight excluding hydrogens is 371 g/mol. The minimum absolute atomic E-state index is 0.0291. The van der Waals surface area contributed by atoms with Crippen molar-refractivity contribution in [2.24, 2.45) is 0 Å². The summed E-state index contributed by atoms with van der Waals surface area (Å²) in [6.07, 6.45) is -4.78. The maximum atomic E-state index is 12.3. The number of aromatic nitrogens is 1. The van der Waals surface area contributed by atoms with Gasteiger partial charge in [0.05, 0.1) is 12.8 Å². The summed E-state index contributed by atoms with van der Waals surface area (Å²) in [5, 5.41) is 9.44. The van der Waals surface area contributed by atoms with E-state index in [1.807, 2.05) is 6.07 Å². The molecule has 3 aromatic rings. The first-order valence-corrected chi connectivity index (χ1v) is 8.02. The number of nitrogens with two attached hydrogens (primary N) is 1. The Labute approximate surface area is 158 Å². The van der Waals surface area contributed by atoms with Crippen LogP contribution < -0.4 is 15.2 Å². The van der Waals surface area contributed by atoms with Crippen LogP contribution in [0.25, 0.3) is 22.4 Å². The van der Waals surface area contributed by atoms with Gasteiger partial charge in [0.2, 0.25) is 0 Å². The number of nitrogens with zero attached hydrogens (tertiary/aromatic N) is 2. The predicted molar refractivity (Wildman–Crippen MR) is 97.5 cm³/mol. The van der Waals surface area contributed by atoms with Crippen molar-refractivity contribution in [3.8, 4) is 40.0 Å². The Morgan fingerprint density at radius 2 is 1.54 bits per heavy atom. The lowest BCUT2D eigenvalue weighted by atomic mass is 9.98. The lowest BCUT2D eigenvalue weighted by Crippen LogP contribution is -2.16. The maximum Gasteiger partial charge on any atom is 0.573 e. The summed E-state index contributed by atoms with van der Waals surface area (Å²) in [7, 11) is 1.55. The lowest BCUT2D eigenvalue weighted by molar-refractivity contribution is -0.274. The van der Waals surface area contributed by atoms with Crippen molar-refractivity contribution in [3.05, 3.63) is 60.2 Å². The van der Waals surface area contributed by atoms with Gasteiger partial charge in [-0.3, -0.25) is 0 Å². The molecule has 28 heavy (non-hydrogen) atoms. The second-order valence-electron chi connectivity index (χ2n) is 5.73. The number of anilines is 1. The third-order valence-corrected chi connectivity index (χ3v) is 3.94. The molecule has 0 saturated carbocycles. The fourth-order valence-corrected chi connectivity index (χ4v) is 2.66. The SMILES string of the molecule is COc1ccc(-c2cc(-c3ccc(OC(F)(F)F)cc3)c(C#N)c(N)n2)cc1. The van der Waals surface area contributed by atoms with Gasteiger partial charge in [-0.05, 0) is 48.0 Å². The Morgan fingerprint density at radius 3 is 2.07 bits per heavy atom. The molecule has 142 valence electrons. The van der Waals surface area contributed by atoms with Gasteiger partial charge < -0.3 is 15.2 Å². The van der Waals surface area contributed by atoms with E-state index in [0.29, 0.717) is 22.6 Å². The molecule has 0 aliphatic rings. The molecule has 3 rings (SSSR count). The third-order valence-electron chi connectivity index (χ3n) is 3.94. The van der Waals surface area contributed by atoms with Crippen LogP contribution >= 0.6 is 0 Å². The number of hydrogen-bond acceptors (Lipinski definition) is 5. The molecule has 0 aliphatic heterocycles. The van der Waals surface area contributed by atoms with Crippen LogP contribution in [0.2, 0.25) is 0 Å². The molecule has 0 saturated heterocycles. The monoisotopic (exact) mass is 385 g/mol. The van der Waals surface area contributed by atoms with Crippen molar-refractivity contribution in [3.63, 3.8) is 0 Å². The predicted octanol–water partition coefficient (Wildman–Crippen LogP) is 4.78. The van der Waals surface area contributed by atoms with Gasteiger partial charge in [-0.2, -0.15) is 5.26 Å². The molecule has 0 spiro atoms. The molecule has 0 amide bonds. The molecular formula is C20H14F3N3O2. The van der Waals surface area contributed by atoms with Crippen LogP contribution in [-0.4, -0.2) is 18.5 Å². The number of alkyl halides is 3. The summed E-state index contributed by atoms with van der Waals surface area (Å²) >= 11 is 0. The van der Waals surface area contributed by atoms with Gasteiger partial charge in [0, 0.05) is 11.1 Å². The van der Waals surface area contributed by atoms with Gasteiger partial charge in [-0.1, -0.05) is 12.1 Å². The molecule has 1 aromatic heterocycles. The summed E-state index contributed by atoms with van der Waals surface area (Å²) in [5.74, 6) is 0.347. The highest BCUT2D eigenvalue weighted by Gasteiger charge is 2.31. The van der Waals surface area contributed by atoms with Crippen molar-refractivity contribution in [2.75, 3.05) is 12.8 Å². The number of nitrogen functional groups attached to an aromatic ring is 1. The normalized spacial score (nSPS) is 11.0. The summed E-state index contributed by atoms with van der Waals surface area (Å²) in [6.45, 7) is 0. The maximum absolute atomic E-state index is 12.3. The van der Waals surface area contributed by atoms with Crippen LogP contribution in [0.5, 0.6) is 11.5 Å². The molecule has 0 aliphatic carbocycles. The summed E-state index contributed by atoms with van der Waals surface area (Å²) in [6, 6.07) is 15.9. The quantitative estimate of drug-likeness (QED) is 0.699. The van der Waals surface area contributed by atoms with E-state index >= 15 is 0 Å². The van der Waals surface area contributed by atoms with Crippen LogP contribution in [0.1, 0.15) is 5.56 Å². The molecule has 2 N–H and O–H groups in total. The first-order chi connectivity index (χ1) is 13.3. The molecule has 0 atom stereocenters. The van der Waals surface area contributed by atoms with Crippen molar-refractivity contribution in [2.45, 2.75) is 6.36 Å². The molecule has 8 heteroatoms. The number of ether oxygens (including phenoxy) is 2. The van der Waals surface area contributed by atoms with E-state index in [0.717, 1.165) is 5.56 Å². The topological polar surface area (TPSA) is 81.2 Å². The first-order valence-electron chi connectivity index (χ1n) is 8.02. The Hall–Kier alpha value is -3.73. The number of rotatable bonds is 4. The van der Waals surface area contributed by atoms with E-state index in [2.05, 4.69) is 9.72 Å². The Balaban J connectivity index is 2.04. The van der Waals surface area contributed by atoms with Gasteiger partial charge in [0.25, 0.3) is 0 Å². The van der Waals surface area contributed by atoms with E-state index in [9.17, 15) is 18.4 Å². The highest BCUT2D eigenvalue weighted by molar-refractivity contribution is 5.80. The van der Waals surface area contributed by atoms with Crippen LogP contribution in [0.3, 0.4) is 0 Å². The number of methoxy groups -OCH3 is 1. The van der Waals surface area contributed by atoms with Gasteiger partial charge in [0.1, 0.15) is 28.9 Å². The van der Waals surface area contributed by atoms with Crippen molar-refractivity contribution >= 4 is 5.82 Å². The number of hydrogen-bond donors (Lipinski definition) is 1. The molecule has 0 fully saturated rings. The Kier molecular flexibility index (Phi) is 5.09. The molecule has 5 nitrogen and oxygen atoms in total. The highest BCUT2D eigenvalue weighted by atomic mass is 19.4. The zero-order chi connectivity index (χ0) is 20.3. The van der Waals surface area contributed by atoms with E-state index < -0.39 is 6.36 Å². The van der Waals surface area contributed by atoms with Crippen LogP contribution in [0, 0.1) is 11.3 Å². The molecule has 0 radical (unpaired) electrons. The number of halogens is 3. The van der Waals surface area contributed by atoms with Gasteiger partial charge >= 0.3 is 6.36 Å². The van der Waals surface area contributed by atoms with Crippen LogP contribution in [-0.2, 0) is 0 Å². The summed E-state index contributed by atoms with van der Waals surface area (Å²) < 4.78 is 46.0. The van der Waals surface area contributed by atoms with E-state index in [4.69, 9.17) is 10.5 Å². The third kappa shape index (κ3) is 4.15. The zero-order valence-electron chi connectivity index (χ0n) is 14.6. The van der Waals surface area contributed by atoms with Crippen molar-refractivity contribution < 1.29 is 22.6 Å². The molecule has 1 heterocycles. The van der Waals surface area contributed by atoms with Crippen LogP contribution in [0.15, 0.2) is 54.6 Å². The molecule has 0 unspecified atom stereocenters. The number of nitriles is 1. The summed E-state index contributed by atoms with van der Waals surface area (Å²) in [5.41, 5.74) is 8.32. The van der Waals surface area contributed by atoms with E-state index in [-0.39, 0.29) is 17.1 Å². The summed E-state index contributed by atoms with van der Waals surface area (Å²) in [4.78, 5) is 4.26. The smallest absolute Gasteiger partial charge is 0.497 e. The standard InChI is InChI=1S/C20H14F3N3O2/c1-27-14-6-4-13(5-7-14)18-10-16(17(11-24)19(25)26-18)12-2-8-15(9-3-12)28-20(21,22)23/h2-10H,1H3,(H2,25,26). The van der Waals surface area contributed by atoms with Gasteiger partial charge in [-0.25, -0.2) is 4.98 Å². The average Bonchev–Trinajstić information content (AvgIpc) is 2.67. The van der Waals surface area contributed by atoms with E-state index in [1.165, 1.54) is 24.3 Å².